The van der Waals surface area contributed by atoms with E-state index in [0.717, 1.165) is 17.1 Å². The monoisotopic (exact) mass is 198 g/mol. The molecule has 76 valence electrons. The van der Waals surface area contributed by atoms with Crippen molar-refractivity contribution >= 4 is 0 Å². The molecule has 0 heterocycles. The molecule has 15 heavy (non-hydrogen) atoms. The molecule has 0 radical (unpaired) electrons. The van der Waals surface area contributed by atoms with Crippen molar-refractivity contribution in [2.24, 2.45) is 0 Å². The average molecular weight is 198 g/mol. The van der Waals surface area contributed by atoms with E-state index < -0.39 is 0 Å². The normalized spacial score (nSPS) is 10.0. The highest BCUT2D eigenvalue weighted by atomic mass is 16.5. The molecule has 2 aromatic rings. The van der Waals surface area contributed by atoms with Gasteiger partial charge in [0.1, 0.15) is 11.5 Å². The SMILES string of the molecule is Cc1ccc(Oc2ccccc2C)cc1. The molecule has 0 aromatic heterocycles. The molecule has 1 nitrogen and oxygen atoms in total. The van der Waals surface area contributed by atoms with Crippen molar-refractivity contribution in [1.29, 1.82) is 0 Å². The molecule has 0 fully saturated rings. The first-order chi connectivity index (χ1) is 7.25. The molecule has 0 aliphatic rings. The second kappa shape index (κ2) is 4.18. The molecule has 2 aromatic carbocycles. The van der Waals surface area contributed by atoms with E-state index in [9.17, 15) is 0 Å². The van der Waals surface area contributed by atoms with E-state index in [2.05, 4.69) is 6.92 Å². The Morgan fingerprint density at radius 2 is 1.47 bits per heavy atom. The van der Waals surface area contributed by atoms with Crippen molar-refractivity contribution in [2.45, 2.75) is 13.8 Å². The van der Waals surface area contributed by atoms with Crippen molar-refractivity contribution < 1.29 is 4.74 Å². The first-order valence-electron chi connectivity index (χ1n) is 5.06. The van der Waals surface area contributed by atoms with E-state index >= 15 is 0 Å². The van der Waals surface area contributed by atoms with Gasteiger partial charge in [0, 0.05) is 0 Å². The van der Waals surface area contributed by atoms with Crippen LogP contribution in [0.15, 0.2) is 48.5 Å². The maximum absolute atomic E-state index is 5.76. The third kappa shape index (κ3) is 2.38. The summed E-state index contributed by atoms with van der Waals surface area (Å²) in [5, 5.41) is 0. The fourth-order valence-electron chi connectivity index (χ4n) is 1.40. The Labute approximate surface area is 90.3 Å². The number of para-hydroxylation sites is 1. The van der Waals surface area contributed by atoms with Gasteiger partial charge in [0.2, 0.25) is 0 Å². The molecule has 0 aliphatic heterocycles. The highest BCUT2D eigenvalue weighted by Crippen LogP contribution is 2.24. The van der Waals surface area contributed by atoms with Crippen LogP contribution in [0.3, 0.4) is 0 Å². The summed E-state index contributed by atoms with van der Waals surface area (Å²) in [5.74, 6) is 1.80. The summed E-state index contributed by atoms with van der Waals surface area (Å²) in [6.45, 7) is 4.11. The fourth-order valence-corrected chi connectivity index (χ4v) is 1.40. The van der Waals surface area contributed by atoms with Crippen LogP contribution < -0.4 is 4.74 Å². The van der Waals surface area contributed by atoms with E-state index in [4.69, 9.17) is 4.74 Å². The van der Waals surface area contributed by atoms with Crippen LogP contribution in [0.2, 0.25) is 0 Å². The molecule has 0 aliphatic carbocycles. The van der Waals surface area contributed by atoms with E-state index in [0.29, 0.717) is 0 Å². The van der Waals surface area contributed by atoms with Crippen LogP contribution in [0.5, 0.6) is 11.5 Å². The Kier molecular flexibility index (Phi) is 2.72. The molecule has 1 heteroatoms. The van der Waals surface area contributed by atoms with Crippen LogP contribution in [-0.4, -0.2) is 0 Å². The standard InChI is InChI=1S/C14H14O/c1-11-7-9-13(10-8-11)15-14-6-4-3-5-12(14)2/h3-10H,1-2H3. The Morgan fingerprint density at radius 1 is 0.800 bits per heavy atom. The third-order valence-corrected chi connectivity index (χ3v) is 2.34. The zero-order chi connectivity index (χ0) is 10.7. The van der Waals surface area contributed by atoms with Gasteiger partial charge in [0.25, 0.3) is 0 Å². The minimum atomic E-state index is 0.884. The molecule has 0 unspecified atom stereocenters. The van der Waals surface area contributed by atoms with Gasteiger partial charge in [-0.15, -0.1) is 0 Å². The van der Waals surface area contributed by atoms with Crippen LogP contribution in [0.1, 0.15) is 11.1 Å². The van der Waals surface area contributed by atoms with Crippen LogP contribution in [0, 0.1) is 13.8 Å². The average Bonchev–Trinajstić information content (AvgIpc) is 2.25. The molecule has 0 N–H and O–H groups in total. The number of benzene rings is 2. The maximum atomic E-state index is 5.76. The Hall–Kier alpha value is -1.76. The molecular formula is C14H14O. The van der Waals surface area contributed by atoms with Gasteiger partial charge >= 0.3 is 0 Å². The highest BCUT2D eigenvalue weighted by Gasteiger charge is 1.99. The van der Waals surface area contributed by atoms with Gasteiger partial charge in [-0.25, -0.2) is 0 Å². The second-order valence-electron chi connectivity index (χ2n) is 3.68. The zero-order valence-corrected chi connectivity index (χ0v) is 9.03. The van der Waals surface area contributed by atoms with E-state index in [-0.39, 0.29) is 0 Å². The number of rotatable bonds is 2. The lowest BCUT2D eigenvalue weighted by molar-refractivity contribution is 0.479. The lowest BCUT2D eigenvalue weighted by Gasteiger charge is -2.08. The van der Waals surface area contributed by atoms with Crippen LogP contribution in [0.4, 0.5) is 0 Å². The molecule has 0 saturated carbocycles. The van der Waals surface area contributed by atoms with Gasteiger partial charge in [-0.2, -0.15) is 0 Å². The minimum absolute atomic E-state index is 0.884. The molecule has 0 amide bonds. The van der Waals surface area contributed by atoms with Crippen LogP contribution in [-0.2, 0) is 0 Å². The maximum Gasteiger partial charge on any atom is 0.130 e. The number of hydrogen-bond donors (Lipinski definition) is 0. The number of hydrogen-bond acceptors (Lipinski definition) is 1. The first-order valence-corrected chi connectivity index (χ1v) is 5.06. The quantitative estimate of drug-likeness (QED) is 0.706. The van der Waals surface area contributed by atoms with Gasteiger partial charge in [0.05, 0.1) is 0 Å². The van der Waals surface area contributed by atoms with Gasteiger partial charge in [0.15, 0.2) is 0 Å². The van der Waals surface area contributed by atoms with Crippen LogP contribution >= 0.6 is 0 Å². The predicted molar refractivity (Wildman–Crippen MR) is 62.4 cm³/mol. The molecule has 2 rings (SSSR count). The van der Waals surface area contributed by atoms with E-state index in [1.807, 2.05) is 55.5 Å². The van der Waals surface area contributed by atoms with Crippen molar-refractivity contribution in [2.75, 3.05) is 0 Å². The summed E-state index contributed by atoms with van der Waals surface area (Å²) < 4.78 is 5.76. The van der Waals surface area contributed by atoms with Crippen LogP contribution in [0.25, 0.3) is 0 Å². The molecule has 0 bridgehead atoms. The highest BCUT2D eigenvalue weighted by molar-refractivity contribution is 5.37. The van der Waals surface area contributed by atoms with Gasteiger partial charge in [-0.05, 0) is 37.6 Å². The predicted octanol–water partition coefficient (Wildman–Crippen LogP) is 4.10. The van der Waals surface area contributed by atoms with Crippen molar-refractivity contribution in [3.05, 3.63) is 59.7 Å². The second-order valence-corrected chi connectivity index (χ2v) is 3.68. The summed E-state index contributed by atoms with van der Waals surface area (Å²) >= 11 is 0. The number of aryl methyl sites for hydroxylation is 2. The third-order valence-electron chi connectivity index (χ3n) is 2.34. The number of ether oxygens (including phenoxy) is 1. The zero-order valence-electron chi connectivity index (χ0n) is 9.03. The van der Waals surface area contributed by atoms with Gasteiger partial charge in [-0.1, -0.05) is 35.9 Å². The minimum Gasteiger partial charge on any atom is -0.457 e. The summed E-state index contributed by atoms with van der Waals surface area (Å²) in [4.78, 5) is 0. The Balaban J connectivity index is 2.22. The molecule has 0 saturated heterocycles. The van der Waals surface area contributed by atoms with E-state index in [1.165, 1.54) is 5.56 Å². The topological polar surface area (TPSA) is 9.23 Å². The Bertz CT molecular complexity index is 443. The first kappa shape index (κ1) is 9.78. The Morgan fingerprint density at radius 3 is 2.13 bits per heavy atom. The van der Waals surface area contributed by atoms with Crippen molar-refractivity contribution in [3.63, 3.8) is 0 Å². The molecule has 0 spiro atoms. The van der Waals surface area contributed by atoms with Crippen molar-refractivity contribution in [1.82, 2.24) is 0 Å². The summed E-state index contributed by atoms with van der Waals surface area (Å²) in [6, 6.07) is 16.1. The van der Waals surface area contributed by atoms with Crippen molar-refractivity contribution in [3.8, 4) is 11.5 Å². The van der Waals surface area contributed by atoms with E-state index in [1.54, 1.807) is 0 Å². The summed E-state index contributed by atoms with van der Waals surface area (Å²) in [6.07, 6.45) is 0. The lowest BCUT2D eigenvalue weighted by Crippen LogP contribution is -1.86. The lowest BCUT2D eigenvalue weighted by atomic mass is 10.2. The fraction of sp³-hybridized carbons (Fsp3) is 0.143. The van der Waals surface area contributed by atoms with Gasteiger partial charge in [-0.3, -0.25) is 0 Å². The molecular weight excluding hydrogens is 184 g/mol. The largest absolute Gasteiger partial charge is 0.457 e. The summed E-state index contributed by atoms with van der Waals surface area (Å²) in [7, 11) is 0. The molecule has 0 atom stereocenters. The van der Waals surface area contributed by atoms with Gasteiger partial charge < -0.3 is 4.74 Å². The summed E-state index contributed by atoms with van der Waals surface area (Å²) in [5.41, 5.74) is 2.39. The smallest absolute Gasteiger partial charge is 0.130 e.